The van der Waals surface area contributed by atoms with Gasteiger partial charge in [-0.05, 0) is 49.6 Å². The molecule has 0 radical (unpaired) electrons. The largest absolute Gasteiger partial charge is 0.288 e. The third-order valence-corrected chi connectivity index (χ3v) is 4.67. The Hall–Kier alpha value is -2.78. The molecule has 0 spiro atoms. The van der Waals surface area contributed by atoms with Crippen molar-refractivity contribution < 1.29 is 22.0 Å². The summed E-state index contributed by atoms with van der Waals surface area (Å²) in [5, 5.41) is 0. The van der Waals surface area contributed by atoms with E-state index in [1.54, 1.807) is 19.2 Å². The van der Waals surface area contributed by atoms with Crippen molar-refractivity contribution in [2.75, 3.05) is 6.54 Å². The normalized spacial score (nSPS) is 11.3. The van der Waals surface area contributed by atoms with Gasteiger partial charge in [0.2, 0.25) is 10.9 Å². The summed E-state index contributed by atoms with van der Waals surface area (Å²) < 4.78 is 52.2. The van der Waals surface area contributed by atoms with Crippen LogP contribution in [0.1, 0.15) is 33.6 Å². The monoisotopic (exact) mass is 405 g/mol. The maximum atomic E-state index is 14.8. The number of aryl methyl sites for hydroxylation is 2. The minimum absolute atomic E-state index is 0.104. The molecule has 9 heteroatoms. The molecule has 0 unspecified atom stereocenters. The van der Waals surface area contributed by atoms with Crippen molar-refractivity contribution in [3.63, 3.8) is 0 Å². The van der Waals surface area contributed by atoms with Crippen molar-refractivity contribution in [3.8, 4) is 0 Å². The average Bonchev–Trinajstić information content (AvgIpc) is 2.65. The van der Waals surface area contributed by atoms with Gasteiger partial charge in [-0.25, -0.2) is 26.9 Å². The van der Waals surface area contributed by atoms with Crippen LogP contribution in [0.15, 0.2) is 36.5 Å². The number of aromatic nitrogens is 2. The van der Waals surface area contributed by atoms with Crippen molar-refractivity contribution in [3.05, 3.63) is 70.5 Å². The maximum Gasteiger partial charge on any atom is 0.201 e. The van der Waals surface area contributed by atoms with E-state index in [0.29, 0.717) is 23.1 Å². The molecule has 6 nitrogen and oxygen atoms in total. The van der Waals surface area contributed by atoms with E-state index in [0.717, 1.165) is 6.07 Å². The zero-order valence-electron chi connectivity index (χ0n) is 14.9. The first kappa shape index (κ1) is 20.0. The zero-order chi connectivity index (χ0) is 20.3. The van der Waals surface area contributed by atoms with E-state index in [9.17, 15) is 22.0 Å². The highest BCUT2D eigenvalue weighted by molar-refractivity contribution is 7.70. The number of halogens is 2. The van der Waals surface area contributed by atoms with Crippen LogP contribution >= 0.6 is 0 Å². The van der Waals surface area contributed by atoms with Crippen LogP contribution in [-0.4, -0.2) is 30.7 Å². The molecule has 0 aliphatic heterocycles. The van der Waals surface area contributed by atoms with Gasteiger partial charge in [0.1, 0.15) is 11.6 Å². The molecular weight excluding hydrogens is 388 g/mol. The SMILES string of the molecule is Cc1cnc2ccc(C(=O)c3c(F)ccc(CCCN[SH](=O)=O)c3F)cc2n1. The van der Waals surface area contributed by atoms with Gasteiger partial charge in [-0.2, -0.15) is 0 Å². The summed E-state index contributed by atoms with van der Waals surface area (Å²) in [6.45, 7) is 1.88. The number of hydrogen-bond acceptors (Lipinski definition) is 5. The Balaban J connectivity index is 1.91. The van der Waals surface area contributed by atoms with Crippen LogP contribution in [0.3, 0.4) is 0 Å². The van der Waals surface area contributed by atoms with E-state index in [2.05, 4.69) is 14.7 Å². The minimum Gasteiger partial charge on any atom is -0.288 e. The molecule has 0 amide bonds. The highest BCUT2D eigenvalue weighted by Gasteiger charge is 2.22. The van der Waals surface area contributed by atoms with Crippen molar-refractivity contribution in [1.29, 1.82) is 0 Å². The van der Waals surface area contributed by atoms with E-state index in [4.69, 9.17) is 0 Å². The molecule has 2 aromatic carbocycles. The number of carbonyl (C=O) groups excluding carboxylic acids is 1. The lowest BCUT2D eigenvalue weighted by Gasteiger charge is -2.10. The fourth-order valence-electron chi connectivity index (χ4n) is 2.84. The molecule has 1 N–H and O–H groups in total. The summed E-state index contributed by atoms with van der Waals surface area (Å²) in [5.41, 5.74) is 1.29. The number of ketones is 1. The molecule has 0 bridgehead atoms. The fraction of sp³-hybridized carbons (Fsp3) is 0.211. The summed E-state index contributed by atoms with van der Waals surface area (Å²) in [6, 6.07) is 6.78. The molecule has 0 fully saturated rings. The van der Waals surface area contributed by atoms with E-state index >= 15 is 0 Å². The van der Waals surface area contributed by atoms with Crippen molar-refractivity contribution in [1.82, 2.24) is 14.7 Å². The highest BCUT2D eigenvalue weighted by atomic mass is 32.2. The van der Waals surface area contributed by atoms with Crippen molar-refractivity contribution >= 4 is 27.7 Å². The van der Waals surface area contributed by atoms with Crippen LogP contribution < -0.4 is 4.72 Å². The molecule has 0 saturated heterocycles. The van der Waals surface area contributed by atoms with Gasteiger partial charge in [-0.1, -0.05) is 6.07 Å². The minimum atomic E-state index is -2.73. The van der Waals surface area contributed by atoms with Crippen LogP contribution in [0.4, 0.5) is 8.78 Å². The molecule has 0 aliphatic carbocycles. The number of hydrogen-bond donors (Lipinski definition) is 2. The van der Waals surface area contributed by atoms with Crippen LogP contribution in [0.2, 0.25) is 0 Å². The lowest BCUT2D eigenvalue weighted by molar-refractivity contribution is 0.103. The van der Waals surface area contributed by atoms with Crippen LogP contribution in [0.5, 0.6) is 0 Å². The molecule has 0 atom stereocenters. The van der Waals surface area contributed by atoms with E-state index in [1.807, 2.05) is 0 Å². The van der Waals surface area contributed by atoms with Gasteiger partial charge in [0.25, 0.3) is 0 Å². The molecule has 0 aliphatic rings. The van der Waals surface area contributed by atoms with Crippen molar-refractivity contribution in [2.24, 2.45) is 0 Å². The topological polar surface area (TPSA) is 89.0 Å². The summed E-state index contributed by atoms with van der Waals surface area (Å²) >= 11 is 0. The van der Waals surface area contributed by atoms with Crippen molar-refractivity contribution in [2.45, 2.75) is 19.8 Å². The molecule has 3 rings (SSSR count). The van der Waals surface area contributed by atoms with Gasteiger partial charge in [0.15, 0.2) is 5.78 Å². The summed E-state index contributed by atoms with van der Waals surface area (Å²) in [7, 11) is -2.73. The lowest BCUT2D eigenvalue weighted by atomic mass is 9.97. The number of fused-ring (bicyclic) bond motifs is 1. The van der Waals surface area contributed by atoms with Gasteiger partial charge >= 0.3 is 0 Å². The predicted octanol–water partition coefficient (Wildman–Crippen LogP) is 2.50. The Kier molecular flexibility index (Phi) is 6.05. The molecule has 0 saturated carbocycles. The Morgan fingerprint density at radius 1 is 1.14 bits per heavy atom. The smallest absolute Gasteiger partial charge is 0.201 e. The summed E-state index contributed by atoms with van der Waals surface area (Å²) in [4.78, 5) is 21.2. The molecular formula is C19H17F2N3O3S. The number of carbonyl (C=O) groups is 1. The summed E-state index contributed by atoms with van der Waals surface area (Å²) in [5.74, 6) is -2.68. The maximum absolute atomic E-state index is 14.8. The van der Waals surface area contributed by atoms with Crippen LogP contribution in [0.25, 0.3) is 11.0 Å². The molecule has 3 aromatic rings. The second-order valence-electron chi connectivity index (χ2n) is 6.21. The Morgan fingerprint density at radius 2 is 1.93 bits per heavy atom. The Morgan fingerprint density at radius 3 is 2.68 bits per heavy atom. The molecule has 146 valence electrons. The first-order valence-corrected chi connectivity index (χ1v) is 9.67. The first-order chi connectivity index (χ1) is 13.4. The van der Waals surface area contributed by atoms with Gasteiger partial charge in [-0.3, -0.25) is 9.78 Å². The average molecular weight is 405 g/mol. The highest BCUT2D eigenvalue weighted by Crippen LogP contribution is 2.23. The lowest BCUT2D eigenvalue weighted by Crippen LogP contribution is -2.14. The predicted molar refractivity (Wildman–Crippen MR) is 101 cm³/mol. The van der Waals surface area contributed by atoms with Crippen LogP contribution in [0, 0.1) is 18.6 Å². The van der Waals surface area contributed by atoms with Gasteiger partial charge in [0, 0.05) is 18.3 Å². The number of thiol groups is 1. The van der Waals surface area contributed by atoms with Crippen LogP contribution in [-0.2, 0) is 17.3 Å². The third-order valence-electron chi connectivity index (χ3n) is 4.19. The molecule has 28 heavy (non-hydrogen) atoms. The Labute approximate surface area is 161 Å². The first-order valence-electron chi connectivity index (χ1n) is 8.49. The second-order valence-corrected chi connectivity index (χ2v) is 7.04. The standard InChI is InChI=1S/C19H17F2N3O3S/c1-11-10-22-15-7-5-13(9-16(15)24-11)19(25)17-14(20)6-4-12(18(17)21)3-2-8-23-28(26)27/h4-7,9-10,28H,2-3,8H2,1H3,(H,23,26,27). The van der Waals surface area contributed by atoms with Gasteiger partial charge in [-0.15, -0.1) is 0 Å². The van der Waals surface area contributed by atoms with E-state index < -0.39 is 33.9 Å². The zero-order valence-corrected chi connectivity index (χ0v) is 15.8. The molecule has 1 heterocycles. The fourth-order valence-corrected chi connectivity index (χ4v) is 3.18. The number of rotatable bonds is 7. The van der Waals surface area contributed by atoms with E-state index in [-0.39, 0.29) is 24.1 Å². The van der Waals surface area contributed by atoms with E-state index in [1.165, 1.54) is 18.2 Å². The molecule has 1 aromatic heterocycles. The number of nitrogens with one attached hydrogen (secondary N) is 1. The second kappa shape index (κ2) is 8.49. The van der Waals surface area contributed by atoms with Gasteiger partial charge in [0.05, 0.1) is 22.3 Å². The summed E-state index contributed by atoms with van der Waals surface area (Å²) in [6.07, 6.45) is 2.06. The van der Waals surface area contributed by atoms with Gasteiger partial charge < -0.3 is 0 Å². The number of nitrogens with zero attached hydrogens (tertiary/aromatic N) is 2. The quantitative estimate of drug-likeness (QED) is 0.358. The third kappa shape index (κ3) is 4.37. The number of benzene rings is 2. The Bertz CT molecular complexity index is 1120.